The van der Waals surface area contributed by atoms with Crippen molar-refractivity contribution in [2.24, 2.45) is 5.92 Å². The molecule has 2 aromatic rings. The summed E-state index contributed by atoms with van der Waals surface area (Å²) >= 11 is 5.98. The summed E-state index contributed by atoms with van der Waals surface area (Å²) in [6.07, 6.45) is 2.39. The smallest absolute Gasteiger partial charge is 0.133 e. The molecule has 31 heavy (non-hydrogen) atoms. The normalized spacial score (nSPS) is 18.0. The van der Waals surface area contributed by atoms with Crippen LogP contribution in [0, 0.1) is 40.5 Å². The molecule has 0 spiro atoms. The second-order valence-electron chi connectivity index (χ2n) is 9.80. The van der Waals surface area contributed by atoms with E-state index in [0.717, 1.165) is 63.9 Å². The van der Waals surface area contributed by atoms with Gasteiger partial charge in [-0.1, -0.05) is 26.1 Å². The van der Waals surface area contributed by atoms with Gasteiger partial charge in [0.2, 0.25) is 0 Å². The zero-order valence-electron chi connectivity index (χ0n) is 20.2. The number of pyridine rings is 1. The van der Waals surface area contributed by atoms with Gasteiger partial charge in [-0.3, -0.25) is 0 Å². The maximum absolute atomic E-state index is 10.5. The first-order valence-corrected chi connectivity index (χ1v) is 11.6. The van der Waals surface area contributed by atoms with Crippen molar-refractivity contribution in [1.29, 1.82) is 0 Å². The van der Waals surface area contributed by atoms with Gasteiger partial charge in [0.15, 0.2) is 0 Å². The third-order valence-corrected chi connectivity index (χ3v) is 6.69. The van der Waals surface area contributed by atoms with E-state index in [0.29, 0.717) is 18.1 Å². The number of nitrogens with zero attached hydrogens (tertiary/aromatic N) is 2. The first-order chi connectivity index (χ1) is 14.4. The van der Waals surface area contributed by atoms with E-state index in [1.807, 2.05) is 27.7 Å². The maximum atomic E-state index is 10.5. The Hall–Kier alpha value is -2.14. The standard InChI is InChI=1S/C26H36N2O2S/c1-15(2)14-28(22-12-16(3)11-17(4)27-22)23(31)13-26(8)10-9-21-20(7)24(29)18(5)19(6)25(21)30-26/h11-12,15,29H,9-10,13-14H2,1-8H3. The first kappa shape index (κ1) is 23.5. The van der Waals surface area contributed by atoms with Gasteiger partial charge in [0, 0.05) is 24.2 Å². The zero-order chi connectivity index (χ0) is 23.1. The third kappa shape index (κ3) is 4.87. The predicted octanol–water partition coefficient (Wildman–Crippen LogP) is 6.29. The molecule has 1 aromatic carbocycles. The molecule has 0 fully saturated rings. The first-order valence-electron chi connectivity index (χ1n) is 11.2. The second-order valence-corrected chi connectivity index (χ2v) is 10.3. The monoisotopic (exact) mass is 440 g/mol. The van der Waals surface area contributed by atoms with Gasteiger partial charge in [-0.15, -0.1) is 0 Å². The molecule has 0 bridgehead atoms. The highest BCUT2D eigenvalue weighted by molar-refractivity contribution is 7.80. The van der Waals surface area contributed by atoms with E-state index in [1.165, 1.54) is 5.56 Å². The molecule has 168 valence electrons. The summed E-state index contributed by atoms with van der Waals surface area (Å²) in [4.78, 5) is 7.82. The number of hydrogen-bond donors (Lipinski definition) is 1. The number of phenols is 1. The summed E-state index contributed by atoms with van der Waals surface area (Å²) in [6.45, 7) is 17.5. The van der Waals surface area contributed by atoms with Gasteiger partial charge in [-0.2, -0.15) is 0 Å². The number of anilines is 1. The highest BCUT2D eigenvalue weighted by Gasteiger charge is 2.36. The lowest BCUT2D eigenvalue weighted by Crippen LogP contribution is -2.44. The van der Waals surface area contributed by atoms with Gasteiger partial charge in [-0.25, -0.2) is 4.98 Å². The maximum Gasteiger partial charge on any atom is 0.133 e. The number of rotatable bonds is 5. The molecule has 4 nitrogen and oxygen atoms in total. The molecular weight excluding hydrogens is 404 g/mol. The number of phenolic OH excluding ortho intramolecular Hbond substituents is 1. The predicted molar refractivity (Wildman–Crippen MR) is 133 cm³/mol. The summed E-state index contributed by atoms with van der Waals surface area (Å²) in [5, 5.41) is 10.5. The highest BCUT2D eigenvalue weighted by atomic mass is 32.1. The molecule has 1 aliphatic heterocycles. The minimum absolute atomic E-state index is 0.390. The van der Waals surface area contributed by atoms with E-state index in [4.69, 9.17) is 21.9 Å². The summed E-state index contributed by atoms with van der Waals surface area (Å²) in [6, 6.07) is 4.20. The van der Waals surface area contributed by atoms with Crippen molar-refractivity contribution in [2.45, 2.75) is 80.3 Å². The van der Waals surface area contributed by atoms with Gasteiger partial charge < -0.3 is 14.7 Å². The summed E-state index contributed by atoms with van der Waals surface area (Å²) in [5.41, 5.74) is 5.77. The average molecular weight is 441 g/mol. The van der Waals surface area contributed by atoms with E-state index in [-0.39, 0.29) is 0 Å². The number of aromatic nitrogens is 1. The van der Waals surface area contributed by atoms with Crippen LogP contribution in [0.4, 0.5) is 5.82 Å². The van der Waals surface area contributed by atoms with Crippen LogP contribution in [0.25, 0.3) is 0 Å². The van der Waals surface area contributed by atoms with Crippen molar-refractivity contribution >= 4 is 23.0 Å². The van der Waals surface area contributed by atoms with Crippen LogP contribution in [-0.2, 0) is 6.42 Å². The third-order valence-electron chi connectivity index (χ3n) is 6.33. The fourth-order valence-corrected chi connectivity index (χ4v) is 4.95. The molecule has 5 heteroatoms. The van der Waals surface area contributed by atoms with Crippen molar-refractivity contribution in [3.05, 3.63) is 45.6 Å². The Kier molecular flexibility index (Phi) is 6.66. The van der Waals surface area contributed by atoms with Crippen LogP contribution in [0.15, 0.2) is 12.1 Å². The van der Waals surface area contributed by atoms with Crippen molar-refractivity contribution < 1.29 is 9.84 Å². The van der Waals surface area contributed by atoms with E-state index in [9.17, 15) is 5.11 Å². The number of hydrogen-bond acceptors (Lipinski definition) is 4. The van der Waals surface area contributed by atoms with Crippen LogP contribution < -0.4 is 9.64 Å². The molecule has 1 aromatic heterocycles. The molecule has 0 radical (unpaired) electrons. The largest absolute Gasteiger partial charge is 0.507 e. The fraction of sp³-hybridized carbons (Fsp3) is 0.538. The molecule has 2 heterocycles. The van der Waals surface area contributed by atoms with E-state index >= 15 is 0 Å². The lowest BCUT2D eigenvalue weighted by atomic mass is 9.85. The van der Waals surface area contributed by atoms with Crippen LogP contribution in [-0.4, -0.2) is 27.2 Å². The molecule has 1 atom stereocenters. The minimum atomic E-state index is -0.390. The van der Waals surface area contributed by atoms with Crippen molar-refractivity contribution in [3.8, 4) is 11.5 Å². The quantitative estimate of drug-likeness (QED) is 0.553. The van der Waals surface area contributed by atoms with Gasteiger partial charge in [-0.05, 0) is 94.7 Å². The molecule has 0 aliphatic carbocycles. The van der Waals surface area contributed by atoms with E-state index in [2.05, 4.69) is 44.7 Å². The Balaban J connectivity index is 1.90. The van der Waals surface area contributed by atoms with Crippen LogP contribution in [0.1, 0.15) is 67.1 Å². The van der Waals surface area contributed by atoms with Gasteiger partial charge in [0.1, 0.15) is 22.9 Å². The number of ether oxygens (including phenoxy) is 1. The van der Waals surface area contributed by atoms with E-state index in [1.54, 1.807) is 0 Å². The number of benzene rings is 1. The molecular formula is C26H36N2O2S. The van der Waals surface area contributed by atoms with Crippen LogP contribution in [0.5, 0.6) is 11.5 Å². The van der Waals surface area contributed by atoms with Gasteiger partial charge in [0.05, 0.1) is 4.99 Å². The highest BCUT2D eigenvalue weighted by Crippen LogP contribution is 2.44. The Morgan fingerprint density at radius 2 is 1.84 bits per heavy atom. The van der Waals surface area contributed by atoms with Crippen molar-refractivity contribution in [2.75, 3.05) is 11.4 Å². The Morgan fingerprint density at radius 1 is 1.16 bits per heavy atom. The van der Waals surface area contributed by atoms with Gasteiger partial charge in [0.25, 0.3) is 0 Å². The number of aryl methyl sites for hydroxylation is 2. The van der Waals surface area contributed by atoms with Crippen molar-refractivity contribution in [3.63, 3.8) is 0 Å². The van der Waals surface area contributed by atoms with Gasteiger partial charge >= 0.3 is 0 Å². The van der Waals surface area contributed by atoms with Crippen LogP contribution >= 0.6 is 12.2 Å². The topological polar surface area (TPSA) is 45.6 Å². The average Bonchev–Trinajstić information content (AvgIpc) is 2.67. The van der Waals surface area contributed by atoms with Crippen LogP contribution in [0.3, 0.4) is 0 Å². The minimum Gasteiger partial charge on any atom is -0.507 e. The Labute approximate surface area is 192 Å². The van der Waals surface area contributed by atoms with E-state index < -0.39 is 5.60 Å². The SMILES string of the molecule is Cc1cc(C)nc(N(CC(C)C)C(=S)CC2(C)CCc3c(C)c(O)c(C)c(C)c3O2)c1. The molecule has 1 N–H and O–H groups in total. The number of thiocarbonyl (C=S) groups is 1. The Morgan fingerprint density at radius 3 is 2.45 bits per heavy atom. The molecule has 0 saturated carbocycles. The number of aromatic hydroxyl groups is 1. The van der Waals surface area contributed by atoms with Crippen LogP contribution in [0.2, 0.25) is 0 Å². The molecule has 1 aliphatic rings. The fourth-order valence-electron chi connectivity index (χ4n) is 4.48. The van der Waals surface area contributed by atoms with Crippen molar-refractivity contribution in [1.82, 2.24) is 4.98 Å². The summed E-state index contributed by atoms with van der Waals surface area (Å²) < 4.78 is 6.63. The lowest BCUT2D eigenvalue weighted by molar-refractivity contribution is 0.0712. The molecule has 0 amide bonds. The summed E-state index contributed by atoms with van der Waals surface area (Å²) in [7, 11) is 0. The lowest BCUT2D eigenvalue weighted by Gasteiger charge is -2.39. The molecule has 1 unspecified atom stereocenters. The zero-order valence-corrected chi connectivity index (χ0v) is 21.0. The Bertz CT molecular complexity index is 995. The molecule has 0 saturated heterocycles. The second kappa shape index (κ2) is 8.78. The number of fused-ring (bicyclic) bond motifs is 1. The summed E-state index contributed by atoms with van der Waals surface area (Å²) in [5.74, 6) is 2.69. The molecule has 3 rings (SSSR count).